The Morgan fingerprint density at radius 2 is 1.42 bits per heavy atom. The van der Waals surface area contributed by atoms with Crippen LogP contribution in [0.25, 0.3) is 0 Å². The van der Waals surface area contributed by atoms with Gasteiger partial charge in [-0.25, -0.2) is 21.6 Å². The third-order valence-corrected chi connectivity index (χ3v) is 10.4. The summed E-state index contributed by atoms with van der Waals surface area (Å²) in [5, 5.41) is 0. The van der Waals surface area contributed by atoms with Gasteiger partial charge in [0.25, 0.3) is 0 Å². The molecule has 38 heavy (non-hydrogen) atoms. The average Bonchev–Trinajstić information content (AvgIpc) is 3.11. The lowest BCUT2D eigenvalue weighted by Crippen LogP contribution is -2.43. The summed E-state index contributed by atoms with van der Waals surface area (Å²) in [7, 11) is -6.11. The van der Waals surface area contributed by atoms with E-state index >= 15 is 0 Å². The standard InChI is InChI=1S/C29H44N2O5S2/c1-20-11-13-22(14-12-20)37(32,33)30-18-21-17-29(8,9)19-31(21)38(34,35)23-15-24(27(2,3)4)26(36-10)25(16-23)28(5,6)7/h11-16,21,30H,17-19H2,1-10H3/t21-/m0/s1. The van der Waals surface area contributed by atoms with E-state index in [1.54, 1.807) is 43.5 Å². The number of ether oxygens (including phenoxy) is 1. The number of nitrogens with zero attached hydrogens (tertiary/aromatic N) is 1. The lowest BCUT2D eigenvalue weighted by molar-refractivity contribution is 0.364. The van der Waals surface area contributed by atoms with Crippen LogP contribution >= 0.6 is 0 Å². The minimum atomic E-state index is -3.94. The first-order valence-corrected chi connectivity index (χ1v) is 15.9. The predicted molar refractivity (Wildman–Crippen MR) is 153 cm³/mol. The van der Waals surface area contributed by atoms with E-state index in [2.05, 4.69) is 4.72 Å². The van der Waals surface area contributed by atoms with Crippen molar-refractivity contribution in [1.82, 2.24) is 9.03 Å². The lowest BCUT2D eigenvalue weighted by atomic mass is 9.79. The summed E-state index contributed by atoms with van der Waals surface area (Å²) in [6, 6.07) is 9.54. The van der Waals surface area contributed by atoms with Gasteiger partial charge in [-0.05, 0) is 53.9 Å². The first-order valence-electron chi connectivity index (χ1n) is 13.0. The van der Waals surface area contributed by atoms with Crippen molar-refractivity contribution >= 4 is 20.0 Å². The van der Waals surface area contributed by atoms with Crippen LogP contribution in [0.15, 0.2) is 46.2 Å². The number of nitrogens with one attached hydrogen (secondary N) is 1. The topological polar surface area (TPSA) is 92.8 Å². The Bertz CT molecular complexity index is 1350. The maximum Gasteiger partial charge on any atom is 0.243 e. The van der Waals surface area contributed by atoms with E-state index < -0.39 is 26.1 Å². The largest absolute Gasteiger partial charge is 0.496 e. The van der Waals surface area contributed by atoms with Crippen molar-refractivity contribution < 1.29 is 21.6 Å². The fourth-order valence-corrected chi connectivity index (χ4v) is 7.98. The number of aryl methyl sites for hydroxylation is 1. The summed E-state index contributed by atoms with van der Waals surface area (Å²) in [6.07, 6.45) is 0.539. The fourth-order valence-electron chi connectivity index (χ4n) is 5.04. The highest BCUT2D eigenvalue weighted by Gasteiger charge is 2.45. The molecule has 0 radical (unpaired) electrons. The molecule has 3 rings (SSSR count). The van der Waals surface area contributed by atoms with Crippen LogP contribution in [0.5, 0.6) is 5.75 Å². The minimum absolute atomic E-state index is 0.00667. The number of hydrogen-bond acceptors (Lipinski definition) is 5. The second-order valence-corrected chi connectivity index (χ2v) is 16.9. The highest BCUT2D eigenvalue weighted by molar-refractivity contribution is 7.89. The molecule has 0 saturated carbocycles. The molecule has 0 unspecified atom stereocenters. The lowest BCUT2D eigenvalue weighted by Gasteiger charge is -2.31. The monoisotopic (exact) mass is 564 g/mol. The van der Waals surface area contributed by atoms with Crippen LogP contribution < -0.4 is 9.46 Å². The van der Waals surface area contributed by atoms with Gasteiger partial charge in [0.05, 0.1) is 16.9 Å². The molecule has 2 aromatic carbocycles. The zero-order chi connectivity index (χ0) is 28.9. The maximum atomic E-state index is 14.2. The molecular weight excluding hydrogens is 520 g/mol. The first-order chi connectivity index (χ1) is 17.2. The molecule has 1 aliphatic rings. The number of sulfonamides is 2. The molecule has 212 valence electrons. The summed E-state index contributed by atoms with van der Waals surface area (Å²) in [6.45, 7) is 18.4. The van der Waals surface area contributed by atoms with Crippen molar-refractivity contribution in [3.8, 4) is 5.75 Å². The molecule has 2 aromatic rings. The number of benzene rings is 2. The van der Waals surface area contributed by atoms with Gasteiger partial charge in [0.2, 0.25) is 20.0 Å². The van der Waals surface area contributed by atoms with Gasteiger partial charge in [-0.3, -0.25) is 0 Å². The molecule has 1 fully saturated rings. The van der Waals surface area contributed by atoms with Crippen molar-refractivity contribution in [2.24, 2.45) is 5.41 Å². The van der Waals surface area contributed by atoms with E-state index in [9.17, 15) is 16.8 Å². The van der Waals surface area contributed by atoms with Gasteiger partial charge in [0.1, 0.15) is 5.75 Å². The molecule has 0 amide bonds. The van der Waals surface area contributed by atoms with Crippen molar-refractivity contribution in [3.05, 3.63) is 53.1 Å². The molecule has 1 saturated heterocycles. The molecule has 0 bridgehead atoms. The van der Waals surface area contributed by atoms with E-state index in [0.29, 0.717) is 18.7 Å². The van der Waals surface area contributed by atoms with Gasteiger partial charge >= 0.3 is 0 Å². The van der Waals surface area contributed by atoms with E-state index in [0.717, 1.165) is 16.7 Å². The minimum Gasteiger partial charge on any atom is -0.496 e. The zero-order valence-electron chi connectivity index (χ0n) is 24.5. The predicted octanol–water partition coefficient (Wildman–Crippen LogP) is 5.37. The second kappa shape index (κ2) is 10.2. The molecule has 1 atom stereocenters. The Hall–Kier alpha value is -1.94. The second-order valence-electron chi connectivity index (χ2n) is 13.3. The smallest absolute Gasteiger partial charge is 0.243 e. The van der Waals surface area contributed by atoms with Gasteiger partial charge in [-0.2, -0.15) is 4.31 Å². The van der Waals surface area contributed by atoms with Crippen LogP contribution in [0.4, 0.5) is 0 Å². The quantitative estimate of drug-likeness (QED) is 0.488. The third kappa shape index (κ3) is 6.43. The Labute approximate surface area is 230 Å². The van der Waals surface area contributed by atoms with Crippen LogP contribution in [-0.4, -0.2) is 47.4 Å². The van der Waals surface area contributed by atoms with Crippen molar-refractivity contribution in [3.63, 3.8) is 0 Å². The Morgan fingerprint density at radius 3 is 1.87 bits per heavy atom. The van der Waals surface area contributed by atoms with Crippen LogP contribution in [0.1, 0.15) is 78.5 Å². The molecule has 0 aliphatic carbocycles. The molecule has 7 nitrogen and oxygen atoms in total. The number of hydrogen-bond donors (Lipinski definition) is 1. The van der Waals surface area contributed by atoms with Crippen LogP contribution in [0.3, 0.4) is 0 Å². The Kier molecular flexibility index (Phi) is 8.24. The van der Waals surface area contributed by atoms with Gasteiger partial charge < -0.3 is 4.74 Å². The van der Waals surface area contributed by atoms with Crippen LogP contribution in [0.2, 0.25) is 0 Å². The first kappa shape index (κ1) is 30.6. The van der Waals surface area contributed by atoms with E-state index in [1.807, 2.05) is 62.3 Å². The summed E-state index contributed by atoms with van der Waals surface area (Å²) in [5.74, 6) is 0.702. The van der Waals surface area contributed by atoms with Gasteiger partial charge in [0, 0.05) is 30.3 Å². The van der Waals surface area contributed by atoms with Crippen molar-refractivity contribution in [2.45, 2.75) is 95.4 Å². The Balaban J connectivity index is 2.05. The molecule has 9 heteroatoms. The molecule has 1 aliphatic heterocycles. The summed E-state index contributed by atoms with van der Waals surface area (Å²) in [4.78, 5) is 0.367. The number of methoxy groups -OCH3 is 1. The SMILES string of the molecule is COc1c(C(C)(C)C)cc(S(=O)(=O)N2CC(C)(C)C[C@H]2CNS(=O)(=O)c2ccc(C)cc2)cc1C(C)(C)C. The van der Waals surface area contributed by atoms with E-state index in [4.69, 9.17) is 4.74 Å². The molecular formula is C29H44N2O5S2. The molecule has 1 N–H and O–H groups in total. The van der Waals surface area contributed by atoms with Crippen molar-refractivity contribution in [2.75, 3.05) is 20.2 Å². The van der Waals surface area contributed by atoms with Gasteiger partial charge in [-0.15, -0.1) is 0 Å². The number of rotatable bonds is 7. The summed E-state index contributed by atoms with van der Waals surface area (Å²) in [5.41, 5.74) is 1.58. The summed E-state index contributed by atoms with van der Waals surface area (Å²) < 4.78 is 64.4. The molecule has 0 aromatic heterocycles. The normalized spacial score (nSPS) is 19.1. The maximum absolute atomic E-state index is 14.2. The van der Waals surface area contributed by atoms with Gasteiger partial charge in [0.15, 0.2) is 0 Å². The summed E-state index contributed by atoms with van der Waals surface area (Å²) >= 11 is 0. The zero-order valence-corrected chi connectivity index (χ0v) is 26.1. The third-order valence-electron chi connectivity index (χ3n) is 7.11. The fraction of sp³-hybridized carbons (Fsp3) is 0.586. The van der Waals surface area contributed by atoms with Crippen molar-refractivity contribution in [1.29, 1.82) is 0 Å². The highest BCUT2D eigenvalue weighted by Crippen LogP contribution is 2.43. The molecule has 1 heterocycles. The van der Waals surface area contributed by atoms with E-state index in [1.165, 1.54) is 4.31 Å². The van der Waals surface area contributed by atoms with Crippen LogP contribution in [0, 0.1) is 12.3 Å². The molecule has 0 spiro atoms. The highest BCUT2D eigenvalue weighted by atomic mass is 32.2. The van der Waals surface area contributed by atoms with E-state index in [-0.39, 0.29) is 32.6 Å². The average molecular weight is 565 g/mol. The van der Waals surface area contributed by atoms with Crippen LogP contribution in [-0.2, 0) is 30.9 Å². The van der Waals surface area contributed by atoms with Gasteiger partial charge in [-0.1, -0.05) is 73.1 Å². The Morgan fingerprint density at radius 1 is 0.921 bits per heavy atom.